The van der Waals surface area contributed by atoms with Crippen molar-refractivity contribution in [1.29, 1.82) is 0 Å². The van der Waals surface area contributed by atoms with E-state index in [1.807, 2.05) is 0 Å². The monoisotopic (exact) mass is 1340 g/mol. The van der Waals surface area contributed by atoms with Crippen LogP contribution in [0, 0.1) is 23.7 Å². The molecular weight excluding hydrogens is 1200 g/mol. The summed E-state index contributed by atoms with van der Waals surface area (Å²) in [5, 5.41) is 10.6. The smallest absolute Gasteiger partial charge is 0.462 e. The minimum absolute atomic E-state index is 0.103. The van der Waals surface area contributed by atoms with Crippen molar-refractivity contribution in [3.8, 4) is 0 Å². The zero-order valence-corrected chi connectivity index (χ0v) is 61.3. The predicted molar refractivity (Wildman–Crippen MR) is 367 cm³/mol. The Kier molecular flexibility index (Phi) is 60.3. The van der Waals surface area contributed by atoms with Crippen molar-refractivity contribution in [2.24, 2.45) is 23.7 Å². The Morgan fingerprint density at radius 3 is 0.681 bits per heavy atom. The van der Waals surface area contributed by atoms with Crippen molar-refractivity contribution >= 4 is 39.5 Å². The van der Waals surface area contributed by atoms with Crippen LogP contribution < -0.4 is 0 Å². The van der Waals surface area contributed by atoms with Gasteiger partial charge >= 0.3 is 39.5 Å². The molecule has 0 aliphatic carbocycles. The maximum Gasteiger partial charge on any atom is 0.472 e. The van der Waals surface area contributed by atoms with Gasteiger partial charge in [-0.3, -0.25) is 37.3 Å². The van der Waals surface area contributed by atoms with Gasteiger partial charge in [0.2, 0.25) is 0 Å². The topological polar surface area (TPSA) is 237 Å². The molecule has 3 unspecified atom stereocenters. The number of phosphoric ester groups is 2. The van der Waals surface area contributed by atoms with E-state index in [0.29, 0.717) is 31.6 Å². The van der Waals surface area contributed by atoms with Crippen LogP contribution in [0.4, 0.5) is 0 Å². The number of phosphoric acid groups is 2. The van der Waals surface area contributed by atoms with Gasteiger partial charge in [-0.2, -0.15) is 0 Å². The molecule has 91 heavy (non-hydrogen) atoms. The zero-order valence-electron chi connectivity index (χ0n) is 59.5. The molecule has 0 saturated carbocycles. The predicted octanol–water partition coefficient (Wildman–Crippen LogP) is 20.5. The molecule has 0 heterocycles. The van der Waals surface area contributed by atoms with Gasteiger partial charge in [0.05, 0.1) is 26.4 Å². The molecule has 0 aliphatic heterocycles. The highest BCUT2D eigenvalue weighted by Crippen LogP contribution is 2.45. The first-order valence-corrected chi connectivity index (χ1v) is 40.2. The maximum atomic E-state index is 13.0. The second-order valence-electron chi connectivity index (χ2n) is 27.9. The molecule has 0 radical (unpaired) electrons. The number of rotatable bonds is 69. The molecule has 17 nitrogen and oxygen atoms in total. The summed E-state index contributed by atoms with van der Waals surface area (Å²) in [6.45, 7) is 14.1. The van der Waals surface area contributed by atoms with Crippen LogP contribution in [0.1, 0.15) is 357 Å². The van der Waals surface area contributed by atoms with E-state index in [0.717, 1.165) is 114 Å². The van der Waals surface area contributed by atoms with E-state index in [2.05, 4.69) is 55.4 Å². The molecule has 0 rings (SSSR count). The summed E-state index contributed by atoms with van der Waals surface area (Å²) in [5.74, 6) is 0.829. The van der Waals surface area contributed by atoms with Crippen molar-refractivity contribution in [2.45, 2.75) is 375 Å². The molecule has 0 aliphatic rings. The van der Waals surface area contributed by atoms with Crippen LogP contribution in [-0.2, 0) is 65.4 Å². The highest BCUT2D eigenvalue weighted by Gasteiger charge is 2.30. The number of carbonyl (C=O) groups excluding carboxylic acids is 4. The van der Waals surface area contributed by atoms with Gasteiger partial charge in [-0.05, 0) is 49.4 Å². The van der Waals surface area contributed by atoms with Crippen molar-refractivity contribution in [1.82, 2.24) is 0 Å². The fourth-order valence-electron chi connectivity index (χ4n) is 10.8. The van der Waals surface area contributed by atoms with Crippen molar-refractivity contribution in [3.05, 3.63) is 0 Å². The highest BCUT2D eigenvalue weighted by atomic mass is 31.2. The first kappa shape index (κ1) is 89.1. The molecule has 0 bridgehead atoms. The summed E-state index contributed by atoms with van der Waals surface area (Å²) >= 11 is 0. The number of aliphatic hydroxyl groups excluding tert-OH is 1. The quantitative estimate of drug-likeness (QED) is 0.0222. The van der Waals surface area contributed by atoms with Crippen LogP contribution in [0.2, 0.25) is 0 Å². The third kappa shape index (κ3) is 66.5. The Balaban J connectivity index is 5.21. The molecule has 0 aromatic rings. The van der Waals surface area contributed by atoms with Crippen LogP contribution in [0.25, 0.3) is 0 Å². The van der Waals surface area contributed by atoms with Crippen LogP contribution in [0.15, 0.2) is 0 Å². The SMILES string of the molecule is CC(C)CCCCCCCCCCCCCCCCCCC(=O)O[C@H](COC(=O)CCCCCCCCCCC(C)C)COP(=O)(O)OCC(O)COP(=O)(O)OC[C@@H](COC(=O)CCCCCCCCCC(C)C)OC(=O)CCCCCCCCCCC(C)C. The molecule has 0 fully saturated rings. The average Bonchev–Trinajstić information content (AvgIpc) is 2.43. The zero-order chi connectivity index (χ0) is 67.5. The first-order chi connectivity index (χ1) is 43.6. The normalized spacial score (nSPS) is 14.2. The fraction of sp³-hybridized carbons (Fsp3) is 0.944. The summed E-state index contributed by atoms with van der Waals surface area (Å²) in [4.78, 5) is 72.6. The van der Waals surface area contributed by atoms with Gasteiger partial charge in [0.25, 0.3) is 0 Å². The number of hydrogen-bond donors (Lipinski definition) is 3. The molecule has 0 amide bonds. The fourth-order valence-corrected chi connectivity index (χ4v) is 12.4. The molecule has 3 N–H and O–H groups in total. The summed E-state index contributed by atoms with van der Waals surface area (Å²) in [5.41, 5.74) is 0. The minimum Gasteiger partial charge on any atom is -0.462 e. The maximum absolute atomic E-state index is 13.0. The van der Waals surface area contributed by atoms with Crippen LogP contribution in [-0.4, -0.2) is 96.7 Å². The average molecular weight is 1340 g/mol. The van der Waals surface area contributed by atoms with E-state index < -0.39 is 97.5 Å². The van der Waals surface area contributed by atoms with Gasteiger partial charge in [0.15, 0.2) is 12.2 Å². The Morgan fingerprint density at radius 2 is 0.462 bits per heavy atom. The van der Waals surface area contributed by atoms with Crippen LogP contribution in [0.5, 0.6) is 0 Å². The van der Waals surface area contributed by atoms with Crippen molar-refractivity contribution in [2.75, 3.05) is 39.6 Å². The van der Waals surface area contributed by atoms with Gasteiger partial charge in [0.1, 0.15) is 19.3 Å². The van der Waals surface area contributed by atoms with Gasteiger partial charge in [0, 0.05) is 25.7 Å². The third-order valence-corrected chi connectivity index (χ3v) is 18.5. The number of unbranched alkanes of at least 4 members (excludes halogenated alkanes) is 35. The van der Waals surface area contributed by atoms with E-state index in [1.165, 1.54) is 154 Å². The van der Waals surface area contributed by atoms with Crippen molar-refractivity contribution < 1.29 is 80.2 Å². The van der Waals surface area contributed by atoms with Crippen molar-refractivity contribution in [3.63, 3.8) is 0 Å². The minimum atomic E-state index is -4.95. The number of esters is 4. The summed E-state index contributed by atoms with van der Waals surface area (Å²) in [6, 6.07) is 0. The number of aliphatic hydroxyl groups is 1. The van der Waals surface area contributed by atoms with Gasteiger partial charge < -0.3 is 33.8 Å². The Morgan fingerprint density at radius 1 is 0.275 bits per heavy atom. The lowest BCUT2D eigenvalue weighted by Crippen LogP contribution is -2.30. The Bertz CT molecular complexity index is 1800. The van der Waals surface area contributed by atoms with E-state index in [1.54, 1.807) is 0 Å². The second-order valence-corrected chi connectivity index (χ2v) is 30.8. The van der Waals surface area contributed by atoms with E-state index >= 15 is 0 Å². The largest absolute Gasteiger partial charge is 0.472 e. The first-order valence-electron chi connectivity index (χ1n) is 37.2. The molecule has 0 spiro atoms. The van der Waals surface area contributed by atoms with E-state index in [4.69, 9.17) is 37.0 Å². The molecule has 540 valence electrons. The lowest BCUT2D eigenvalue weighted by Gasteiger charge is -2.21. The number of ether oxygens (including phenoxy) is 4. The second kappa shape index (κ2) is 61.6. The van der Waals surface area contributed by atoms with E-state index in [-0.39, 0.29) is 25.7 Å². The van der Waals surface area contributed by atoms with Crippen LogP contribution in [0.3, 0.4) is 0 Å². The molecule has 0 aromatic carbocycles. The number of hydrogen-bond acceptors (Lipinski definition) is 15. The Hall–Kier alpha value is -1.94. The number of carbonyl (C=O) groups is 4. The molecular formula is C72H140O17P2. The lowest BCUT2D eigenvalue weighted by atomic mass is 10.0. The Labute approximate surface area is 556 Å². The summed E-state index contributed by atoms with van der Waals surface area (Å²) in [6.07, 6.45) is 44.7. The molecule has 19 heteroatoms. The van der Waals surface area contributed by atoms with E-state index in [9.17, 15) is 43.2 Å². The van der Waals surface area contributed by atoms with Gasteiger partial charge in [-0.25, -0.2) is 9.13 Å². The highest BCUT2D eigenvalue weighted by molar-refractivity contribution is 7.47. The molecule has 5 atom stereocenters. The standard InChI is InChI=1S/C72H140O17P2/c1-62(2)48-40-32-24-17-15-13-11-9-10-12-14-16-18-29-38-46-54-71(76)88-67(58-82-69(74)52-44-36-28-21-19-25-33-41-49-63(3)4)60-86-90(78,79)84-56-66(73)57-85-91(80,81)87-61-68(59-83-70(75)53-45-37-31-23-27-35-43-51-65(7)8)89-72(77)55-47-39-30-22-20-26-34-42-50-64(5)6/h62-68,73H,9-61H2,1-8H3,(H,78,79)(H,80,81)/t66?,67-,68-/m1/s1. The summed E-state index contributed by atoms with van der Waals surface area (Å²) < 4.78 is 68.3. The lowest BCUT2D eigenvalue weighted by molar-refractivity contribution is -0.161. The third-order valence-electron chi connectivity index (χ3n) is 16.6. The summed E-state index contributed by atoms with van der Waals surface area (Å²) in [7, 11) is -9.90. The molecule has 0 saturated heterocycles. The van der Waals surface area contributed by atoms with Gasteiger partial charge in [-0.1, -0.05) is 306 Å². The van der Waals surface area contributed by atoms with Gasteiger partial charge in [-0.15, -0.1) is 0 Å². The molecule has 0 aromatic heterocycles. The van der Waals surface area contributed by atoms with Crippen LogP contribution >= 0.6 is 15.6 Å².